The third-order valence-electron chi connectivity index (χ3n) is 3.78. The summed E-state index contributed by atoms with van der Waals surface area (Å²) in [4.78, 5) is 4.42. The number of nitrogens with zero attached hydrogens (tertiary/aromatic N) is 1. The number of aliphatic hydroxyl groups is 2. The molecule has 0 spiro atoms. The molecule has 0 radical (unpaired) electrons. The zero-order valence-corrected chi connectivity index (χ0v) is 16.4. The lowest BCUT2D eigenvalue weighted by molar-refractivity contribution is 0.181. The molecule has 8 heteroatoms. The Kier molecular flexibility index (Phi) is 8.31. The number of hydrogen-bond donors (Lipinski definition) is 4. The van der Waals surface area contributed by atoms with E-state index in [0.29, 0.717) is 34.7 Å². The first-order valence-electron chi connectivity index (χ1n) is 8.47. The Morgan fingerprint density at radius 3 is 2.48 bits per heavy atom. The van der Waals surface area contributed by atoms with Gasteiger partial charge in [0.2, 0.25) is 0 Å². The summed E-state index contributed by atoms with van der Waals surface area (Å²) >= 11 is 11.9. The summed E-state index contributed by atoms with van der Waals surface area (Å²) in [5.41, 5.74) is 1.59. The van der Waals surface area contributed by atoms with E-state index in [1.54, 1.807) is 30.3 Å². The first kappa shape index (κ1) is 21.4. The van der Waals surface area contributed by atoms with Crippen LogP contribution in [0.3, 0.4) is 0 Å². The number of benzene rings is 2. The fraction of sp³-hybridized carbons (Fsp3) is 0.316. The van der Waals surface area contributed by atoms with Gasteiger partial charge in [0.15, 0.2) is 5.96 Å². The minimum Gasteiger partial charge on any atom is -0.392 e. The molecule has 0 bridgehead atoms. The van der Waals surface area contributed by atoms with Gasteiger partial charge in [0.05, 0.1) is 19.3 Å². The highest BCUT2D eigenvalue weighted by Gasteiger charge is 2.10. The Labute approximate surface area is 167 Å². The maximum atomic E-state index is 13.5. The number of aliphatic hydroxyl groups excluding tert-OH is 2. The van der Waals surface area contributed by atoms with Gasteiger partial charge in [0, 0.05) is 28.7 Å². The number of rotatable bonds is 7. The van der Waals surface area contributed by atoms with Gasteiger partial charge in [-0.05, 0) is 48.4 Å². The maximum absolute atomic E-state index is 13.5. The van der Waals surface area contributed by atoms with Crippen LogP contribution in [0.5, 0.6) is 0 Å². The molecule has 0 aliphatic carbocycles. The number of halogens is 3. The standard InChI is InChI=1S/C19H22Cl2FN3O2/c1-2-23-19(24-9-12-3-4-17(22)14(5-12)11-26)25-10-18(27)13-6-15(20)8-16(21)7-13/h3-8,18,26-27H,2,9-11H2,1H3,(H2,23,24,25). The molecule has 146 valence electrons. The number of guanidine groups is 1. The van der Waals surface area contributed by atoms with Crippen LogP contribution in [0.25, 0.3) is 0 Å². The van der Waals surface area contributed by atoms with E-state index in [-0.39, 0.29) is 18.7 Å². The van der Waals surface area contributed by atoms with Crippen molar-refractivity contribution in [3.63, 3.8) is 0 Å². The van der Waals surface area contributed by atoms with Crippen LogP contribution >= 0.6 is 23.2 Å². The molecule has 0 aromatic heterocycles. The predicted octanol–water partition coefficient (Wildman–Crippen LogP) is 3.41. The van der Waals surface area contributed by atoms with Gasteiger partial charge in [-0.1, -0.05) is 29.3 Å². The zero-order chi connectivity index (χ0) is 19.8. The molecule has 0 heterocycles. The second-order valence-electron chi connectivity index (χ2n) is 5.88. The molecule has 1 atom stereocenters. The van der Waals surface area contributed by atoms with Crippen molar-refractivity contribution in [2.45, 2.75) is 26.2 Å². The molecule has 0 aliphatic rings. The van der Waals surface area contributed by atoms with Gasteiger partial charge < -0.3 is 20.8 Å². The average molecular weight is 414 g/mol. The van der Waals surface area contributed by atoms with E-state index in [4.69, 9.17) is 28.3 Å². The minimum absolute atomic E-state index is 0.202. The third-order valence-corrected chi connectivity index (χ3v) is 4.21. The fourth-order valence-electron chi connectivity index (χ4n) is 2.44. The van der Waals surface area contributed by atoms with Crippen LogP contribution in [-0.4, -0.2) is 29.3 Å². The monoisotopic (exact) mass is 413 g/mol. The Hall–Kier alpha value is -1.86. The SMILES string of the molecule is CCNC(=NCc1ccc(F)c(CO)c1)NCC(O)c1cc(Cl)cc(Cl)c1. The molecule has 0 fully saturated rings. The minimum atomic E-state index is -0.822. The van der Waals surface area contributed by atoms with Crippen molar-refractivity contribution in [3.8, 4) is 0 Å². The van der Waals surface area contributed by atoms with Crippen LogP contribution < -0.4 is 10.6 Å². The lowest BCUT2D eigenvalue weighted by Gasteiger charge is -2.16. The van der Waals surface area contributed by atoms with Crippen LogP contribution in [0.2, 0.25) is 10.0 Å². The van der Waals surface area contributed by atoms with Gasteiger partial charge in [-0.25, -0.2) is 9.38 Å². The molecule has 4 N–H and O–H groups in total. The summed E-state index contributed by atoms with van der Waals surface area (Å²) in [5.74, 6) is 0.0538. The summed E-state index contributed by atoms with van der Waals surface area (Å²) in [5, 5.41) is 26.5. The highest BCUT2D eigenvalue weighted by Crippen LogP contribution is 2.23. The molecular formula is C19H22Cl2FN3O2. The first-order valence-corrected chi connectivity index (χ1v) is 9.23. The number of aliphatic imine (C=N–C) groups is 1. The summed E-state index contributed by atoms with van der Waals surface area (Å²) < 4.78 is 13.5. The van der Waals surface area contributed by atoms with Gasteiger partial charge in [0.1, 0.15) is 5.82 Å². The van der Waals surface area contributed by atoms with E-state index in [1.165, 1.54) is 6.07 Å². The quantitative estimate of drug-likeness (QED) is 0.414. The van der Waals surface area contributed by atoms with Gasteiger partial charge in [-0.3, -0.25) is 0 Å². The van der Waals surface area contributed by atoms with Crippen molar-refractivity contribution in [1.29, 1.82) is 0 Å². The van der Waals surface area contributed by atoms with Crippen molar-refractivity contribution in [1.82, 2.24) is 10.6 Å². The molecule has 0 amide bonds. The summed E-state index contributed by atoms with van der Waals surface area (Å²) in [6, 6.07) is 9.40. The van der Waals surface area contributed by atoms with Crippen LogP contribution in [0.4, 0.5) is 4.39 Å². The summed E-state index contributed by atoms with van der Waals surface area (Å²) in [6.45, 7) is 2.69. The molecule has 2 rings (SSSR count). The zero-order valence-electron chi connectivity index (χ0n) is 14.8. The van der Waals surface area contributed by atoms with E-state index in [0.717, 1.165) is 5.56 Å². The Morgan fingerprint density at radius 1 is 1.15 bits per heavy atom. The molecular weight excluding hydrogens is 392 g/mol. The average Bonchev–Trinajstić information content (AvgIpc) is 2.64. The molecule has 5 nitrogen and oxygen atoms in total. The lowest BCUT2D eigenvalue weighted by Crippen LogP contribution is -2.39. The van der Waals surface area contributed by atoms with E-state index in [9.17, 15) is 9.50 Å². The molecule has 0 saturated carbocycles. The molecule has 0 saturated heterocycles. The van der Waals surface area contributed by atoms with Crippen LogP contribution in [-0.2, 0) is 13.2 Å². The van der Waals surface area contributed by atoms with Crippen molar-refractivity contribution >= 4 is 29.2 Å². The summed E-state index contributed by atoms with van der Waals surface area (Å²) in [7, 11) is 0. The largest absolute Gasteiger partial charge is 0.392 e. The number of nitrogens with one attached hydrogen (secondary N) is 2. The van der Waals surface area contributed by atoms with Crippen molar-refractivity contribution < 1.29 is 14.6 Å². The highest BCUT2D eigenvalue weighted by atomic mass is 35.5. The molecule has 2 aromatic rings. The Balaban J connectivity index is 2.02. The second kappa shape index (κ2) is 10.5. The predicted molar refractivity (Wildman–Crippen MR) is 107 cm³/mol. The van der Waals surface area contributed by atoms with E-state index < -0.39 is 11.9 Å². The van der Waals surface area contributed by atoms with Gasteiger partial charge in [-0.2, -0.15) is 0 Å². The Bertz CT molecular complexity index is 782. The van der Waals surface area contributed by atoms with Crippen LogP contribution in [0.1, 0.15) is 29.7 Å². The maximum Gasteiger partial charge on any atom is 0.191 e. The third kappa shape index (κ3) is 6.66. The summed E-state index contributed by atoms with van der Waals surface area (Å²) in [6.07, 6.45) is -0.822. The molecule has 0 aliphatic heterocycles. The van der Waals surface area contributed by atoms with Gasteiger partial charge in [-0.15, -0.1) is 0 Å². The van der Waals surface area contributed by atoms with E-state index in [2.05, 4.69) is 15.6 Å². The van der Waals surface area contributed by atoms with Crippen LogP contribution in [0, 0.1) is 5.82 Å². The van der Waals surface area contributed by atoms with E-state index >= 15 is 0 Å². The van der Waals surface area contributed by atoms with Crippen LogP contribution in [0.15, 0.2) is 41.4 Å². The highest BCUT2D eigenvalue weighted by molar-refractivity contribution is 6.34. The fourth-order valence-corrected chi connectivity index (χ4v) is 2.98. The van der Waals surface area contributed by atoms with Gasteiger partial charge >= 0.3 is 0 Å². The normalized spacial score (nSPS) is 12.7. The van der Waals surface area contributed by atoms with Crippen molar-refractivity contribution in [2.75, 3.05) is 13.1 Å². The lowest BCUT2D eigenvalue weighted by atomic mass is 10.1. The number of hydrogen-bond acceptors (Lipinski definition) is 3. The first-order chi connectivity index (χ1) is 12.9. The smallest absolute Gasteiger partial charge is 0.191 e. The molecule has 27 heavy (non-hydrogen) atoms. The topological polar surface area (TPSA) is 76.9 Å². The second-order valence-corrected chi connectivity index (χ2v) is 6.75. The van der Waals surface area contributed by atoms with E-state index in [1.807, 2.05) is 6.92 Å². The molecule has 1 unspecified atom stereocenters. The molecule has 2 aromatic carbocycles. The van der Waals surface area contributed by atoms with Crippen molar-refractivity contribution in [3.05, 3.63) is 69.0 Å². The Morgan fingerprint density at radius 2 is 1.85 bits per heavy atom. The van der Waals surface area contributed by atoms with Gasteiger partial charge in [0.25, 0.3) is 0 Å². The van der Waals surface area contributed by atoms with Crippen molar-refractivity contribution in [2.24, 2.45) is 4.99 Å².